The quantitative estimate of drug-likeness (QED) is 0.688. The van der Waals surface area contributed by atoms with Crippen molar-refractivity contribution in [3.63, 3.8) is 0 Å². The van der Waals surface area contributed by atoms with Crippen molar-refractivity contribution < 1.29 is 5.11 Å². The van der Waals surface area contributed by atoms with E-state index in [4.69, 9.17) is 0 Å². The van der Waals surface area contributed by atoms with Crippen molar-refractivity contribution in [3.8, 4) is 5.75 Å². The largest absolute Gasteiger partial charge is 0.508 e. The van der Waals surface area contributed by atoms with Crippen molar-refractivity contribution in [3.05, 3.63) is 28.8 Å². The SMILES string of the molecule is Cc1cc(O)cc(C)c1[C@@H]1CCN1. The van der Waals surface area contributed by atoms with Crippen LogP contribution in [0, 0.1) is 13.8 Å². The molecule has 1 atom stereocenters. The maximum Gasteiger partial charge on any atom is 0.116 e. The van der Waals surface area contributed by atoms with Gasteiger partial charge in [-0.05, 0) is 55.6 Å². The van der Waals surface area contributed by atoms with Gasteiger partial charge in [0.25, 0.3) is 0 Å². The predicted molar refractivity (Wildman–Crippen MR) is 52.9 cm³/mol. The number of benzene rings is 1. The van der Waals surface area contributed by atoms with Gasteiger partial charge in [0.15, 0.2) is 0 Å². The van der Waals surface area contributed by atoms with E-state index in [0.29, 0.717) is 11.8 Å². The molecule has 2 rings (SSSR count). The van der Waals surface area contributed by atoms with Gasteiger partial charge < -0.3 is 10.4 Å². The maximum absolute atomic E-state index is 9.37. The van der Waals surface area contributed by atoms with Gasteiger partial charge in [0.05, 0.1) is 0 Å². The second kappa shape index (κ2) is 3.04. The molecule has 70 valence electrons. The first-order chi connectivity index (χ1) is 6.18. The fourth-order valence-corrected chi connectivity index (χ4v) is 2.04. The fraction of sp³-hybridized carbons (Fsp3) is 0.455. The first-order valence-electron chi connectivity index (χ1n) is 4.72. The van der Waals surface area contributed by atoms with E-state index in [1.54, 1.807) is 0 Å². The van der Waals surface area contributed by atoms with E-state index in [9.17, 15) is 5.11 Å². The van der Waals surface area contributed by atoms with E-state index < -0.39 is 0 Å². The fourth-order valence-electron chi connectivity index (χ4n) is 2.04. The minimum absolute atomic E-state index is 0.373. The highest BCUT2D eigenvalue weighted by atomic mass is 16.3. The molecule has 1 aromatic rings. The van der Waals surface area contributed by atoms with Crippen LogP contribution in [0.25, 0.3) is 0 Å². The number of rotatable bonds is 1. The summed E-state index contributed by atoms with van der Waals surface area (Å²) in [5, 5.41) is 12.8. The number of aromatic hydroxyl groups is 1. The van der Waals surface area contributed by atoms with Crippen LogP contribution in [0.3, 0.4) is 0 Å². The predicted octanol–water partition coefficient (Wildman–Crippen LogP) is 2.04. The summed E-state index contributed by atoms with van der Waals surface area (Å²) in [5.74, 6) is 0.373. The number of hydrogen-bond acceptors (Lipinski definition) is 2. The van der Waals surface area contributed by atoms with Crippen molar-refractivity contribution >= 4 is 0 Å². The molecule has 0 aromatic heterocycles. The summed E-state index contributed by atoms with van der Waals surface area (Å²) < 4.78 is 0. The van der Waals surface area contributed by atoms with Crippen molar-refractivity contribution in [1.29, 1.82) is 0 Å². The molecule has 0 saturated carbocycles. The number of hydrogen-bond donors (Lipinski definition) is 2. The van der Waals surface area contributed by atoms with Crippen LogP contribution in [-0.2, 0) is 0 Å². The molecule has 1 aliphatic heterocycles. The van der Waals surface area contributed by atoms with Gasteiger partial charge in [0.1, 0.15) is 5.75 Å². The minimum Gasteiger partial charge on any atom is -0.508 e. The molecule has 2 N–H and O–H groups in total. The van der Waals surface area contributed by atoms with Gasteiger partial charge in [-0.3, -0.25) is 0 Å². The molecule has 1 heterocycles. The normalized spacial score (nSPS) is 21.2. The average molecular weight is 177 g/mol. The Hall–Kier alpha value is -1.02. The monoisotopic (exact) mass is 177 g/mol. The number of nitrogens with one attached hydrogen (secondary N) is 1. The summed E-state index contributed by atoms with van der Waals surface area (Å²) >= 11 is 0. The lowest BCUT2D eigenvalue weighted by Gasteiger charge is -2.30. The van der Waals surface area contributed by atoms with Crippen molar-refractivity contribution in [1.82, 2.24) is 5.32 Å². The lowest BCUT2D eigenvalue weighted by molar-refractivity contribution is 0.379. The molecule has 0 unspecified atom stereocenters. The van der Waals surface area contributed by atoms with Crippen LogP contribution in [0.1, 0.15) is 29.2 Å². The van der Waals surface area contributed by atoms with E-state index in [2.05, 4.69) is 19.2 Å². The van der Waals surface area contributed by atoms with E-state index >= 15 is 0 Å². The third-order valence-electron chi connectivity index (χ3n) is 2.75. The van der Waals surface area contributed by atoms with Crippen LogP contribution >= 0.6 is 0 Å². The summed E-state index contributed by atoms with van der Waals surface area (Å²) in [6, 6.07) is 4.19. The van der Waals surface area contributed by atoms with Crippen molar-refractivity contribution in [2.75, 3.05) is 6.54 Å². The Labute approximate surface area is 78.6 Å². The van der Waals surface area contributed by atoms with Crippen LogP contribution in [-0.4, -0.2) is 11.7 Å². The number of phenolic OH excluding ortho intramolecular Hbond substituents is 1. The zero-order valence-corrected chi connectivity index (χ0v) is 8.09. The third-order valence-corrected chi connectivity index (χ3v) is 2.75. The zero-order valence-electron chi connectivity index (χ0n) is 8.09. The first-order valence-corrected chi connectivity index (χ1v) is 4.72. The Bertz CT molecular complexity index is 306. The summed E-state index contributed by atoms with van der Waals surface area (Å²) in [5.41, 5.74) is 3.74. The van der Waals surface area contributed by atoms with E-state index in [1.165, 1.54) is 23.1 Å². The Morgan fingerprint density at radius 1 is 1.31 bits per heavy atom. The standard InChI is InChI=1S/C11H15NO/c1-7-5-9(13)6-8(2)11(7)10-3-4-12-10/h5-6,10,12-13H,3-4H2,1-2H3/t10-/m0/s1. The van der Waals surface area contributed by atoms with Gasteiger partial charge in [-0.2, -0.15) is 0 Å². The summed E-state index contributed by atoms with van der Waals surface area (Å²) in [7, 11) is 0. The van der Waals surface area contributed by atoms with E-state index in [1.807, 2.05) is 12.1 Å². The third kappa shape index (κ3) is 1.42. The smallest absolute Gasteiger partial charge is 0.116 e. The lowest BCUT2D eigenvalue weighted by atomic mass is 9.90. The summed E-state index contributed by atoms with van der Waals surface area (Å²) in [4.78, 5) is 0. The second-order valence-electron chi connectivity index (χ2n) is 3.79. The number of aryl methyl sites for hydroxylation is 2. The molecule has 0 aliphatic carbocycles. The Kier molecular flexibility index (Phi) is 2.00. The molecule has 1 saturated heterocycles. The molecule has 2 nitrogen and oxygen atoms in total. The highest BCUT2D eigenvalue weighted by molar-refractivity contribution is 5.42. The topological polar surface area (TPSA) is 32.3 Å². The van der Waals surface area contributed by atoms with Gasteiger partial charge in [-0.25, -0.2) is 0 Å². The average Bonchev–Trinajstić information content (AvgIpc) is 1.92. The molecular weight excluding hydrogens is 162 g/mol. The Morgan fingerprint density at radius 2 is 1.85 bits per heavy atom. The van der Waals surface area contributed by atoms with Gasteiger partial charge in [-0.15, -0.1) is 0 Å². The Balaban J connectivity index is 2.43. The number of phenols is 1. The molecule has 1 fully saturated rings. The molecule has 2 heteroatoms. The molecule has 0 amide bonds. The Morgan fingerprint density at radius 3 is 2.23 bits per heavy atom. The van der Waals surface area contributed by atoms with Crippen LogP contribution in [0.2, 0.25) is 0 Å². The van der Waals surface area contributed by atoms with Crippen molar-refractivity contribution in [2.24, 2.45) is 0 Å². The zero-order chi connectivity index (χ0) is 9.42. The minimum atomic E-state index is 0.373. The molecule has 13 heavy (non-hydrogen) atoms. The van der Waals surface area contributed by atoms with Crippen LogP contribution in [0.15, 0.2) is 12.1 Å². The molecular formula is C11H15NO. The van der Waals surface area contributed by atoms with Gasteiger partial charge >= 0.3 is 0 Å². The summed E-state index contributed by atoms with van der Waals surface area (Å²) in [6.45, 7) is 5.23. The lowest BCUT2D eigenvalue weighted by Crippen LogP contribution is -2.35. The highest BCUT2D eigenvalue weighted by Gasteiger charge is 2.21. The van der Waals surface area contributed by atoms with Gasteiger partial charge in [0, 0.05) is 6.04 Å². The highest BCUT2D eigenvalue weighted by Crippen LogP contribution is 2.31. The van der Waals surface area contributed by atoms with E-state index in [-0.39, 0.29) is 0 Å². The molecule has 1 aromatic carbocycles. The van der Waals surface area contributed by atoms with Crippen molar-refractivity contribution in [2.45, 2.75) is 26.3 Å². The molecule has 0 radical (unpaired) electrons. The van der Waals surface area contributed by atoms with Crippen LogP contribution < -0.4 is 5.32 Å². The van der Waals surface area contributed by atoms with Gasteiger partial charge in [-0.1, -0.05) is 0 Å². The van der Waals surface area contributed by atoms with Crippen LogP contribution in [0.5, 0.6) is 5.75 Å². The first kappa shape index (κ1) is 8.57. The molecule has 0 spiro atoms. The molecule has 1 aliphatic rings. The molecule has 0 bridgehead atoms. The maximum atomic E-state index is 9.37. The van der Waals surface area contributed by atoms with Gasteiger partial charge in [0.2, 0.25) is 0 Å². The van der Waals surface area contributed by atoms with E-state index in [0.717, 1.165) is 6.54 Å². The second-order valence-corrected chi connectivity index (χ2v) is 3.79. The van der Waals surface area contributed by atoms with Crippen LogP contribution in [0.4, 0.5) is 0 Å². The summed E-state index contributed by atoms with van der Waals surface area (Å²) in [6.07, 6.45) is 1.21.